The second kappa shape index (κ2) is 5.49. The number of pyridine rings is 1. The minimum atomic E-state index is 0.646. The molecule has 1 aliphatic heterocycles. The Hall–Kier alpha value is -1.09. The molecule has 1 saturated heterocycles. The van der Waals surface area contributed by atoms with E-state index in [1.165, 1.54) is 50.2 Å². The summed E-state index contributed by atoms with van der Waals surface area (Å²) >= 11 is 0. The van der Waals surface area contributed by atoms with Crippen molar-refractivity contribution < 1.29 is 0 Å². The standard InChI is InChI=1S/C16H25N3/c1-12-5-6-15(11-17-13(2)14-7-8-14)16(18-12)19-9-3-4-10-19/h5-6,13-14,17H,3-4,7-11H2,1-2H3/t13-/m1/s1. The number of nitrogens with one attached hydrogen (secondary N) is 1. The lowest BCUT2D eigenvalue weighted by Gasteiger charge is -2.22. The second-order valence-corrected chi connectivity index (χ2v) is 6.14. The minimum Gasteiger partial charge on any atom is -0.356 e. The van der Waals surface area contributed by atoms with E-state index >= 15 is 0 Å². The smallest absolute Gasteiger partial charge is 0.133 e. The van der Waals surface area contributed by atoms with Crippen molar-refractivity contribution in [1.29, 1.82) is 0 Å². The van der Waals surface area contributed by atoms with Crippen molar-refractivity contribution in [2.24, 2.45) is 5.92 Å². The monoisotopic (exact) mass is 259 g/mol. The van der Waals surface area contributed by atoms with E-state index in [4.69, 9.17) is 4.98 Å². The molecule has 2 fully saturated rings. The van der Waals surface area contributed by atoms with Gasteiger partial charge >= 0.3 is 0 Å². The normalized spacial score (nSPS) is 20.8. The topological polar surface area (TPSA) is 28.2 Å². The van der Waals surface area contributed by atoms with Crippen LogP contribution in [0.15, 0.2) is 12.1 Å². The van der Waals surface area contributed by atoms with Crippen molar-refractivity contribution in [3.05, 3.63) is 23.4 Å². The fourth-order valence-corrected chi connectivity index (χ4v) is 2.95. The summed E-state index contributed by atoms with van der Waals surface area (Å²) in [5, 5.41) is 3.68. The summed E-state index contributed by atoms with van der Waals surface area (Å²) in [6, 6.07) is 5.04. The van der Waals surface area contributed by atoms with Crippen molar-refractivity contribution in [1.82, 2.24) is 10.3 Å². The Morgan fingerprint density at radius 1 is 1.32 bits per heavy atom. The third kappa shape index (κ3) is 3.08. The number of hydrogen-bond acceptors (Lipinski definition) is 3. The van der Waals surface area contributed by atoms with Crippen LogP contribution in [0.3, 0.4) is 0 Å². The molecular formula is C16H25N3. The van der Waals surface area contributed by atoms with Gasteiger partial charge in [0.25, 0.3) is 0 Å². The van der Waals surface area contributed by atoms with E-state index in [2.05, 4.69) is 36.2 Å². The highest BCUT2D eigenvalue weighted by molar-refractivity contribution is 5.48. The van der Waals surface area contributed by atoms with E-state index in [-0.39, 0.29) is 0 Å². The van der Waals surface area contributed by atoms with Gasteiger partial charge in [0.05, 0.1) is 0 Å². The fraction of sp³-hybridized carbons (Fsp3) is 0.688. The molecule has 0 unspecified atom stereocenters. The summed E-state index contributed by atoms with van der Waals surface area (Å²) in [4.78, 5) is 7.23. The Morgan fingerprint density at radius 3 is 2.74 bits per heavy atom. The summed E-state index contributed by atoms with van der Waals surface area (Å²) in [7, 11) is 0. The van der Waals surface area contributed by atoms with E-state index in [1.807, 2.05) is 0 Å². The zero-order valence-corrected chi connectivity index (χ0v) is 12.2. The Balaban J connectivity index is 1.71. The molecule has 1 aliphatic carbocycles. The van der Waals surface area contributed by atoms with E-state index in [1.54, 1.807) is 0 Å². The fourth-order valence-electron chi connectivity index (χ4n) is 2.95. The summed E-state index contributed by atoms with van der Waals surface area (Å²) in [6.07, 6.45) is 5.42. The molecule has 2 aliphatic rings. The first kappa shape index (κ1) is 12.9. The van der Waals surface area contributed by atoms with Crippen LogP contribution in [0.25, 0.3) is 0 Å². The van der Waals surface area contributed by atoms with Gasteiger partial charge in [-0.25, -0.2) is 4.98 Å². The maximum absolute atomic E-state index is 4.78. The van der Waals surface area contributed by atoms with Crippen LogP contribution in [0.1, 0.15) is 43.9 Å². The molecule has 1 N–H and O–H groups in total. The van der Waals surface area contributed by atoms with E-state index in [9.17, 15) is 0 Å². The molecule has 1 aromatic rings. The Kier molecular flexibility index (Phi) is 3.74. The van der Waals surface area contributed by atoms with Gasteiger partial charge in [0.1, 0.15) is 5.82 Å². The van der Waals surface area contributed by atoms with Gasteiger partial charge in [-0.2, -0.15) is 0 Å². The zero-order valence-electron chi connectivity index (χ0n) is 12.2. The molecule has 0 bridgehead atoms. The number of aromatic nitrogens is 1. The average molecular weight is 259 g/mol. The van der Waals surface area contributed by atoms with Crippen molar-refractivity contribution in [2.45, 2.75) is 52.1 Å². The molecule has 3 heteroatoms. The van der Waals surface area contributed by atoms with Crippen molar-refractivity contribution >= 4 is 5.82 Å². The van der Waals surface area contributed by atoms with Crippen LogP contribution < -0.4 is 10.2 Å². The molecule has 104 valence electrons. The van der Waals surface area contributed by atoms with Gasteiger partial charge < -0.3 is 10.2 Å². The molecule has 1 atom stereocenters. The molecule has 0 spiro atoms. The van der Waals surface area contributed by atoms with Crippen molar-refractivity contribution in [2.75, 3.05) is 18.0 Å². The van der Waals surface area contributed by atoms with Gasteiger partial charge in [-0.15, -0.1) is 0 Å². The van der Waals surface area contributed by atoms with Crippen molar-refractivity contribution in [3.8, 4) is 0 Å². The summed E-state index contributed by atoms with van der Waals surface area (Å²) in [6.45, 7) is 7.69. The van der Waals surface area contributed by atoms with Gasteiger partial charge in [0.2, 0.25) is 0 Å². The SMILES string of the molecule is Cc1ccc(CN[C@H](C)C2CC2)c(N2CCCC2)n1. The highest BCUT2D eigenvalue weighted by atomic mass is 15.2. The molecule has 19 heavy (non-hydrogen) atoms. The minimum absolute atomic E-state index is 0.646. The van der Waals surface area contributed by atoms with Crippen molar-refractivity contribution in [3.63, 3.8) is 0 Å². The highest BCUT2D eigenvalue weighted by Gasteiger charge is 2.27. The molecule has 0 aromatic carbocycles. The van der Waals surface area contributed by atoms with Crippen LogP contribution in [-0.2, 0) is 6.54 Å². The lowest BCUT2D eigenvalue weighted by Crippen LogP contribution is -2.29. The molecule has 0 amide bonds. The lowest BCUT2D eigenvalue weighted by atomic mass is 10.1. The van der Waals surface area contributed by atoms with Crippen LogP contribution in [0, 0.1) is 12.8 Å². The van der Waals surface area contributed by atoms with Crippen LogP contribution in [0.4, 0.5) is 5.82 Å². The quantitative estimate of drug-likeness (QED) is 0.881. The first-order valence-electron chi connectivity index (χ1n) is 7.69. The maximum Gasteiger partial charge on any atom is 0.133 e. The molecule has 3 nitrogen and oxygen atoms in total. The molecular weight excluding hydrogens is 234 g/mol. The number of aryl methyl sites for hydroxylation is 1. The van der Waals surface area contributed by atoms with E-state index < -0.39 is 0 Å². The zero-order chi connectivity index (χ0) is 13.2. The van der Waals surface area contributed by atoms with Crippen LogP contribution in [0.2, 0.25) is 0 Å². The maximum atomic E-state index is 4.78. The van der Waals surface area contributed by atoms with E-state index in [0.29, 0.717) is 6.04 Å². The van der Waals surface area contributed by atoms with E-state index in [0.717, 1.165) is 18.2 Å². The predicted molar refractivity (Wildman–Crippen MR) is 79.4 cm³/mol. The third-order valence-corrected chi connectivity index (χ3v) is 4.44. The lowest BCUT2D eigenvalue weighted by molar-refractivity contribution is 0.495. The summed E-state index contributed by atoms with van der Waals surface area (Å²) in [5.74, 6) is 2.13. The predicted octanol–water partition coefficient (Wildman–Crippen LogP) is 2.88. The van der Waals surface area contributed by atoms with Gasteiger partial charge in [-0.1, -0.05) is 6.07 Å². The molecule has 1 aromatic heterocycles. The second-order valence-electron chi connectivity index (χ2n) is 6.14. The van der Waals surface area contributed by atoms with Gasteiger partial charge in [-0.3, -0.25) is 0 Å². The van der Waals surface area contributed by atoms with Gasteiger partial charge in [0.15, 0.2) is 0 Å². The van der Waals surface area contributed by atoms with Gasteiger partial charge in [0, 0.05) is 36.9 Å². The number of rotatable bonds is 5. The molecule has 1 saturated carbocycles. The Labute approximate surface area is 116 Å². The Morgan fingerprint density at radius 2 is 2.05 bits per heavy atom. The van der Waals surface area contributed by atoms with Crippen LogP contribution in [0.5, 0.6) is 0 Å². The highest BCUT2D eigenvalue weighted by Crippen LogP contribution is 2.32. The Bertz CT molecular complexity index is 434. The average Bonchev–Trinajstić information content (AvgIpc) is 3.12. The first-order chi connectivity index (χ1) is 9.24. The third-order valence-electron chi connectivity index (χ3n) is 4.44. The van der Waals surface area contributed by atoms with Crippen LogP contribution in [-0.4, -0.2) is 24.1 Å². The number of hydrogen-bond donors (Lipinski definition) is 1. The summed E-state index contributed by atoms with van der Waals surface area (Å²) in [5.41, 5.74) is 2.49. The first-order valence-corrected chi connectivity index (χ1v) is 7.69. The largest absolute Gasteiger partial charge is 0.356 e. The molecule has 3 rings (SSSR count). The van der Waals surface area contributed by atoms with Crippen LogP contribution >= 0.6 is 0 Å². The number of anilines is 1. The molecule has 2 heterocycles. The van der Waals surface area contributed by atoms with Gasteiger partial charge in [-0.05, 0) is 51.5 Å². The number of nitrogens with zero attached hydrogens (tertiary/aromatic N) is 2. The molecule has 0 radical (unpaired) electrons. The summed E-state index contributed by atoms with van der Waals surface area (Å²) < 4.78 is 0.